The van der Waals surface area contributed by atoms with Gasteiger partial charge in [-0.25, -0.2) is 13.4 Å². The number of hydrogen-bond donors (Lipinski definition) is 2. The van der Waals surface area contributed by atoms with Gasteiger partial charge in [-0.3, -0.25) is 0 Å². The number of fused-ring (bicyclic) bond motifs is 1. The van der Waals surface area contributed by atoms with Crippen LogP contribution in [-0.4, -0.2) is 35.6 Å². The first-order valence-corrected chi connectivity index (χ1v) is 8.39. The van der Waals surface area contributed by atoms with E-state index in [1.165, 1.54) is 0 Å². The summed E-state index contributed by atoms with van der Waals surface area (Å²) in [6.07, 6.45) is 0. The summed E-state index contributed by atoms with van der Waals surface area (Å²) in [5, 5.41) is 0.0276. The largest absolute Gasteiger partial charge is 0.399 e. The highest BCUT2D eigenvalue weighted by atomic mass is 32.2. The Morgan fingerprint density at radius 1 is 1.44 bits per heavy atom. The van der Waals surface area contributed by atoms with Gasteiger partial charge < -0.3 is 10.7 Å². The van der Waals surface area contributed by atoms with Crippen molar-refractivity contribution in [3.05, 3.63) is 18.2 Å². The van der Waals surface area contributed by atoms with Crippen molar-refractivity contribution in [3.63, 3.8) is 0 Å². The van der Waals surface area contributed by atoms with Crippen molar-refractivity contribution in [2.24, 2.45) is 0 Å². The lowest BCUT2D eigenvalue weighted by molar-refractivity contribution is 0.591. The highest BCUT2D eigenvalue weighted by Crippen LogP contribution is 2.18. The number of sulfone groups is 1. The molecule has 1 aromatic carbocycles. The fourth-order valence-electron chi connectivity index (χ4n) is 1.56. The third-order valence-corrected chi connectivity index (χ3v) is 5.16. The maximum Gasteiger partial charge on any atom is 0.226 e. The Morgan fingerprint density at radius 3 is 2.94 bits per heavy atom. The van der Waals surface area contributed by atoms with Crippen molar-refractivity contribution in [1.29, 1.82) is 0 Å². The van der Waals surface area contributed by atoms with Crippen LogP contribution >= 0.6 is 11.8 Å². The number of aromatic nitrogens is 2. The predicted molar refractivity (Wildman–Crippen MR) is 75.6 cm³/mol. The standard InChI is InChI=1S/C11H15N3O2S2/c1-2-17-5-6-18(15,16)11-13-9-4-3-8(12)7-10(9)14-11/h3-4,7H,2,5-6,12H2,1H3,(H,13,14). The Morgan fingerprint density at radius 2 is 2.22 bits per heavy atom. The fourth-order valence-corrected chi connectivity index (χ4v) is 3.89. The van der Waals surface area contributed by atoms with Crippen LogP contribution in [-0.2, 0) is 9.84 Å². The average Bonchev–Trinajstić information content (AvgIpc) is 2.72. The molecule has 7 heteroatoms. The van der Waals surface area contributed by atoms with Gasteiger partial charge in [0.25, 0.3) is 0 Å². The number of imidazole rings is 1. The summed E-state index contributed by atoms with van der Waals surface area (Å²) in [4.78, 5) is 6.91. The number of nitrogen functional groups attached to an aromatic ring is 1. The summed E-state index contributed by atoms with van der Waals surface area (Å²) in [7, 11) is -3.34. The van der Waals surface area contributed by atoms with E-state index in [0.29, 0.717) is 22.5 Å². The number of nitrogens with two attached hydrogens (primary N) is 1. The number of hydrogen-bond acceptors (Lipinski definition) is 5. The monoisotopic (exact) mass is 285 g/mol. The Hall–Kier alpha value is -1.21. The lowest BCUT2D eigenvalue weighted by Gasteiger charge is -1.99. The van der Waals surface area contributed by atoms with Gasteiger partial charge in [0.05, 0.1) is 16.8 Å². The Bertz CT molecular complexity index is 649. The van der Waals surface area contributed by atoms with E-state index in [0.717, 1.165) is 5.75 Å². The molecule has 0 saturated heterocycles. The highest BCUT2D eigenvalue weighted by Gasteiger charge is 2.18. The summed E-state index contributed by atoms with van der Waals surface area (Å²) >= 11 is 1.60. The zero-order chi connectivity index (χ0) is 13.2. The molecule has 3 N–H and O–H groups in total. The van der Waals surface area contributed by atoms with E-state index < -0.39 is 9.84 Å². The van der Waals surface area contributed by atoms with Gasteiger partial charge in [-0.2, -0.15) is 11.8 Å². The Kier molecular flexibility index (Phi) is 3.82. The molecular weight excluding hydrogens is 270 g/mol. The number of H-pyrrole nitrogens is 1. The zero-order valence-corrected chi connectivity index (χ0v) is 11.6. The van der Waals surface area contributed by atoms with Crippen LogP contribution in [0.15, 0.2) is 23.4 Å². The molecule has 2 rings (SSSR count). The number of nitrogens with zero attached hydrogens (tertiary/aromatic N) is 1. The second-order valence-electron chi connectivity index (χ2n) is 3.83. The van der Waals surface area contributed by atoms with E-state index in [1.54, 1.807) is 30.0 Å². The van der Waals surface area contributed by atoms with Crippen LogP contribution in [0.1, 0.15) is 6.92 Å². The van der Waals surface area contributed by atoms with Crippen molar-refractivity contribution in [3.8, 4) is 0 Å². The van der Waals surface area contributed by atoms with Crippen LogP contribution in [0.4, 0.5) is 5.69 Å². The van der Waals surface area contributed by atoms with Gasteiger partial charge in [-0.15, -0.1) is 0 Å². The second kappa shape index (κ2) is 5.19. The van der Waals surface area contributed by atoms with Crippen molar-refractivity contribution in [2.75, 3.05) is 23.0 Å². The molecule has 0 spiro atoms. The first-order chi connectivity index (χ1) is 8.53. The van der Waals surface area contributed by atoms with E-state index in [2.05, 4.69) is 9.97 Å². The molecule has 0 saturated carbocycles. The van der Waals surface area contributed by atoms with Gasteiger partial charge in [0.2, 0.25) is 15.0 Å². The van der Waals surface area contributed by atoms with Crippen LogP contribution in [0.25, 0.3) is 11.0 Å². The summed E-state index contributed by atoms with van der Waals surface area (Å²) in [6, 6.07) is 5.09. The molecule has 0 atom stereocenters. The minimum Gasteiger partial charge on any atom is -0.399 e. The Balaban J connectivity index is 2.30. The topological polar surface area (TPSA) is 88.8 Å². The number of anilines is 1. The SMILES string of the molecule is CCSCCS(=O)(=O)c1nc2ccc(N)cc2[nH]1. The van der Waals surface area contributed by atoms with Crippen molar-refractivity contribution in [2.45, 2.75) is 12.1 Å². The lowest BCUT2D eigenvalue weighted by atomic mass is 10.3. The normalized spacial score (nSPS) is 12.1. The zero-order valence-electron chi connectivity index (χ0n) is 10.0. The van der Waals surface area contributed by atoms with Crippen LogP contribution in [0.3, 0.4) is 0 Å². The van der Waals surface area contributed by atoms with Gasteiger partial charge in [0.15, 0.2) is 0 Å². The van der Waals surface area contributed by atoms with Crippen LogP contribution < -0.4 is 5.73 Å². The van der Waals surface area contributed by atoms with Crippen LogP contribution in [0.2, 0.25) is 0 Å². The van der Waals surface area contributed by atoms with E-state index in [-0.39, 0.29) is 10.9 Å². The first kappa shape index (κ1) is 13.2. The summed E-state index contributed by atoms with van der Waals surface area (Å²) < 4.78 is 24.0. The quantitative estimate of drug-likeness (QED) is 0.644. The number of nitrogens with one attached hydrogen (secondary N) is 1. The summed E-state index contributed by atoms with van der Waals surface area (Å²) in [5.74, 6) is 1.59. The van der Waals surface area contributed by atoms with E-state index >= 15 is 0 Å². The molecule has 0 aliphatic heterocycles. The van der Waals surface area contributed by atoms with Gasteiger partial charge in [-0.05, 0) is 24.0 Å². The number of rotatable bonds is 5. The molecule has 1 aromatic heterocycles. The molecule has 0 aliphatic carbocycles. The highest BCUT2D eigenvalue weighted by molar-refractivity contribution is 8.00. The minimum absolute atomic E-state index is 0.0276. The van der Waals surface area contributed by atoms with Gasteiger partial charge in [0.1, 0.15) is 0 Å². The van der Waals surface area contributed by atoms with Gasteiger partial charge >= 0.3 is 0 Å². The molecule has 0 amide bonds. The van der Waals surface area contributed by atoms with Crippen LogP contribution in [0, 0.1) is 0 Å². The van der Waals surface area contributed by atoms with Crippen LogP contribution in [0.5, 0.6) is 0 Å². The lowest BCUT2D eigenvalue weighted by Crippen LogP contribution is -2.10. The molecule has 5 nitrogen and oxygen atoms in total. The summed E-state index contributed by atoms with van der Waals surface area (Å²) in [5.41, 5.74) is 7.49. The molecule has 2 aromatic rings. The molecule has 0 unspecified atom stereocenters. The molecule has 98 valence electrons. The summed E-state index contributed by atoms with van der Waals surface area (Å²) in [6.45, 7) is 2.00. The number of thioether (sulfide) groups is 1. The maximum absolute atomic E-state index is 12.0. The second-order valence-corrected chi connectivity index (χ2v) is 7.25. The molecule has 1 heterocycles. The molecule has 0 fully saturated rings. The molecule has 0 bridgehead atoms. The van der Waals surface area contributed by atoms with Gasteiger partial charge in [-0.1, -0.05) is 6.92 Å². The Labute approximate surface area is 110 Å². The third kappa shape index (κ3) is 2.78. The third-order valence-electron chi connectivity index (χ3n) is 2.48. The smallest absolute Gasteiger partial charge is 0.226 e. The van der Waals surface area contributed by atoms with Crippen molar-refractivity contribution in [1.82, 2.24) is 9.97 Å². The average molecular weight is 285 g/mol. The van der Waals surface area contributed by atoms with Crippen molar-refractivity contribution >= 4 is 38.3 Å². The number of aromatic amines is 1. The van der Waals surface area contributed by atoms with Gasteiger partial charge in [0, 0.05) is 11.4 Å². The van der Waals surface area contributed by atoms with E-state index in [1.807, 2.05) is 6.92 Å². The first-order valence-electron chi connectivity index (χ1n) is 5.58. The molecule has 0 aliphatic rings. The van der Waals surface area contributed by atoms with E-state index in [4.69, 9.17) is 5.73 Å². The minimum atomic E-state index is -3.34. The molecular formula is C11H15N3O2S2. The van der Waals surface area contributed by atoms with Crippen molar-refractivity contribution < 1.29 is 8.42 Å². The fraction of sp³-hybridized carbons (Fsp3) is 0.364. The maximum atomic E-state index is 12.0. The number of benzene rings is 1. The molecule has 0 radical (unpaired) electrons. The predicted octanol–water partition coefficient (Wildman–Crippen LogP) is 1.67. The van der Waals surface area contributed by atoms with E-state index in [9.17, 15) is 8.42 Å². The molecule has 18 heavy (non-hydrogen) atoms.